The van der Waals surface area contributed by atoms with E-state index in [0.29, 0.717) is 28.7 Å². The van der Waals surface area contributed by atoms with Crippen molar-refractivity contribution in [3.63, 3.8) is 0 Å². The van der Waals surface area contributed by atoms with E-state index in [1.807, 2.05) is 70.2 Å². The zero-order valence-electron chi connectivity index (χ0n) is 18.5. The van der Waals surface area contributed by atoms with Gasteiger partial charge in [0.2, 0.25) is 0 Å². The van der Waals surface area contributed by atoms with Crippen molar-refractivity contribution in [3.8, 4) is 5.75 Å². The number of ether oxygens (including phenoxy) is 1. The molecule has 3 rings (SSSR count). The maximum absolute atomic E-state index is 13.5. The number of imide groups is 1. The summed E-state index contributed by atoms with van der Waals surface area (Å²) < 4.78 is 5.76. The predicted octanol–water partition coefficient (Wildman–Crippen LogP) is 5.76. The van der Waals surface area contributed by atoms with Gasteiger partial charge in [-0.1, -0.05) is 52.0 Å². The van der Waals surface area contributed by atoms with E-state index in [1.54, 1.807) is 0 Å². The van der Waals surface area contributed by atoms with Gasteiger partial charge in [-0.15, -0.1) is 11.8 Å². The van der Waals surface area contributed by atoms with Crippen molar-refractivity contribution in [2.75, 3.05) is 11.5 Å². The fraction of sp³-hybridized carbons (Fsp3) is 0.360. The molecule has 0 saturated carbocycles. The van der Waals surface area contributed by atoms with Crippen LogP contribution in [-0.4, -0.2) is 23.7 Å². The summed E-state index contributed by atoms with van der Waals surface area (Å²) in [6.07, 6.45) is 0. The third kappa shape index (κ3) is 4.46. The van der Waals surface area contributed by atoms with Gasteiger partial charge < -0.3 is 4.74 Å². The molecular weight excluding hydrogens is 394 g/mol. The van der Waals surface area contributed by atoms with Gasteiger partial charge in [-0.2, -0.15) is 0 Å². The van der Waals surface area contributed by atoms with Gasteiger partial charge in [0.05, 0.1) is 22.8 Å². The first-order chi connectivity index (χ1) is 14.2. The lowest BCUT2D eigenvalue weighted by Gasteiger charge is -2.19. The summed E-state index contributed by atoms with van der Waals surface area (Å²) >= 11 is 1.44. The van der Waals surface area contributed by atoms with Crippen molar-refractivity contribution in [1.82, 2.24) is 0 Å². The van der Waals surface area contributed by atoms with Gasteiger partial charge in [0.1, 0.15) is 5.75 Å². The zero-order chi connectivity index (χ0) is 22.0. The summed E-state index contributed by atoms with van der Waals surface area (Å²) in [5.41, 5.74) is 3.84. The number of aryl methyl sites for hydroxylation is 1. The molecule has 4 nitrogen and oxygen atoms in total. The number of hydrogen-bond donors (Lipinski definition) is 0. The van der Waals surface area contributed by atoms with Crippen LogP contribution in [0, 0.1) is 19.8 Å². The molecule has 5 heteroatoms. The van der Waals surface area contributed by atoms with Crippen molar-refractivity contribution in [3.05, 3.63) is 64.1 Å². The van der Waals surface area contributed by atoms with Crippen LogP contribution in [0.5, 0.6) is 5.75 Å². The average Bonchev–Trinajstić information content (AvgIpc) is 2.92. The second-order valence-electron chi connectivity index (χ2n) is 8.26. The van der Waals surface area contributed by atoms with Crippen molar-refractivity contribution in [1.29, 1.82) is 0 Å². The van der Waals surface area contributed by atoms with E-state index in [-0.39, 0.29) is 17.1 Å². The summed E-state index contributed by atoms with van der Waals surface area (Å²) in [7, 11) is 0. The maximum atomic E-state index is 13.5. The van der Waals surface area contributed by atoms with Gasteiger partial charge >= 0.3 is 0 Å². The number of hydrogen-bond acceptors (Lipinski definition) is 4. The minimum absolute atomic E-state index is 0.180. The van der Waals surface area contributed by atoms with Crippen LogP contribution in [-0.2, 0) is 9.59 Å². The Hall–Kier alpha value is -2.53. The largest absolute Gasteiger partial charge is 0.493 e. The molecule has 0 saturated heterocycles. The molecule has 1 aliphatic rings. The van der Waals surface area contributed by atoms with Crippen LogP contribution in [0.2, 0.25) is 0 Å². The SMILES string of the molecule is Cc1cccc(N2C(=O)C(SC(C)C)=C(c3ccc(OCC(C)C)cc3)C2=O)c1C. The van der Waals surface area contributed by atoms with E-state index in [1.165, 1.54) is 16.7 Å². The first-order valence-electron chi connectivity index (χ1n) is 10.3. The highest BCUT2D eigenvalue weighted by molar-refractivity contribution is 8.04. The molecule has 2 aromatic rings. The molecule has 158 valence electrons. The molecule has 0 fully saturated rings. The van der Waals surface area contributed by atoms with E-state index in [0.717, 1.165) is 22.4 Å². The summed E-state index contributed by atoms with van der Waals surface area (Å²) in [6.45, 7) is 12.8. The van der Waals surface area contributed by atoms with Crippen LogP contribution in [0.15, 0.2) is 47.4 Å². The Kier molecular flexibility index (Phi) is 6.71. The van der Waals surface area contributed by atoms with Crippen molar-refractivity contribution < 1.29 is 14.3 Å². The lowest BCUT2D eigenvalue weighted by molar-refractivity contribution is -0.119. The minimum atomic E-state index is -0.271. The molecule has 1 heterocycles. The minimum Gasteiger partial charge on any atom is -0.493 e. The molecule has 30 heavy (non-hydrogen) atoms. The number of anilines is 1. The number of amides is 2. The van der Waals surface area contributed by atoms with Crippen molar-refractivity contribution in [2.45, 2.75) is 46.8 Å². The summed E-state index contributed by atoms with van der Waals surface area (Å²) in [4.78, 5) is 28.7. The molecule has 0 atom stereocenters. The fourth-order valence-corrected chi connectivity index (χ4v) is 4.27. The quantitative estimate of drug-likeness (QED) is 0.531. The third-order valence-electron chi connectivity index (χ3n) is 4.94. The van der Waals surface area contributed by atoms with E-state index < -0.39 is 0 Å². The normalized spacial score (nSPS) is 14.5. The van der Waals surface area contributed by atoms with E-state index in [4.69, 9.17) is 4.74 Å². The van der Waals surface area contributed by atoms with Gasteiger partial charge in [0.25, 0.3) is 11.8 Å². The van der Waals surface area contributed by atoms with E-state index >= 15 is 0 Å². The van der Waals surface area contributed by atoms with Gasteiger partial charge in [0, 0.05) is 5.25 Å². The summed E-state index contributed by atoms with van der Waals surface area (Å²) in [5.74, 6) is 0.672. The van der Waals surface area contributed by atoms with E-state index in [9.17, 15) is 9.59 Å². The van der Waals surface area contributed by atoms with Gasteiger partial charge in [-0.25, -0.2) is 4.90 Å². The number of carbonyl (C=O) groups is 2. The number of nitrogens with zero attached hydrogens (tertiary/aromatic N) is 1. The molecule has 0 aliphatic carbocycles. The average molecular weight is 424 g/mol. The Morgan fingerprint density at radius 3 is 2.20 bits per heavy atom. The number of carbonyl (C=O) groups excluding carboxylic acids is 2. The lowest BCUT2D eigenvalue weighted by Crippen LogP contribution is -2.32. The van der Waals surface area contributed by atoms with Crippen molar-refractivity contribution in [2.24, 2.45) is 5.92 Å². The Balaban J connectivity index is 2.01. The summed E-state index contributed by atoms with van der Waals surface area (Å²) in [5, 5.41) is 0.180. The molecule has 2 amide bonds. The second kappa shape index (κ2) is 9.09. The number of rotatable bonds is 7. The van der Waals surface area contributed by atoms with E-state index in [2.05, 4.69) is 13.8 Å². The Labute approximate surface area is 183 Å². The third-order valence-corrected chi connectivity index (χ3v) is 6.02. The first kappa shape index (κ1) is 22.2. The number of benzene rings is 2. The molecule has 1 aliphatic heterocycles. The number of thioether (sulfide) groups is 1. The van der Waals surface area contributed by atoms with Crippen LogP contribution >= 0.6 is 11.8 Å². The van der Waals surface area contributed by atoms with Gasteiger partial charge in [-0.05, 0) is 54.7 Å². The standard InChI is InChI=1S/C25H29NO3S/c1-15(2)14-29-20-12-10-19(11-13-20)22-23(30-16(3)4)25(28)26(24(22)27)21-9-7-8-17(5)18(21)6/h7-13,15-16H,14H2,1-6H3. The summed E-state index contributed by atoms with van der Waals surface area (Å²) in [6, 6.07) is 13.2. The van der Waals surface area contributed by atoms with Crippen LogP contribution in [0.4, 0.5) is 5.69 Å². The molecule has 0 bridgehead atoms. The van der Waals surface area contributed by atoms with Gasteiger partial charge in [0.15, 0.2) is 0 Å². The Morgan fingerprint density at radius 2 is 1.60 bits per heavy atom. The van der Waals surface area contributed by atoms with Gasteiger partial charge in [-0.3, -0.25) is 9.59 Å². The molecule has 2 aromatic carbocycles. The van der Waals surface area contributed by atoms with Crippen LogP contribution in [0.3, 0.4) is 0 Å². The van der Waals surface area contributed by atoms with Crippen molar-refractivity contribution >= 4 is 34.8 Å². The molecule has 0 N–H and O–H groups in total. The lowest BCUT2D eigenvalue weighted by atomic mass is 10.1. The molecule has 0 radical (unpaired) electrons. The monoisotopic (exact) mass is 423 g/mol. The molecule has 0 aromatic heterocycles. The molecular formula is C25H29NO3S. The smallest absolute Gasteiger partial charge is 0.272 e. The topological polar surface area (TPSA) is 46.6 Å². The highest BCUT2D eigenvalue weighted by atomic mass is 32.2. The van der Waals surface area contributed by atoms with Crippen LogP contribution < -0.4 is 9.64 Å². The first-order valence-corrected chi connectivity index (χ1v) is 11.2. The highest BCUT2D eigenvalue weighted by Gasteiger charge is 2.41. The fourth-order valence-electron chi connectivity index (χ4n) is 3.29. The molecule has 0 unspecified atom stereocenters. The predicted molar refractivity (Wildman–Crippen MR) is 125 cm³/mol. The highest BCUT2D eigenvalue weighted by Crippen LogP contribution is 2.41. The Morgan fingerprint density at radius 1 is 0.933 bits per heavy atom. The van der Waals surface area contributed by atoms with Crippen LogP contribution in [0.1, 0.15) is 44.4 Å². The second-order valence-corrected chi connectivity index (χ2v) is 9.85. The Bertz CT molecular complexity index is 990. The zero-order valence-corrected chi connectivity index (χ0v) is 19.3. The van der Waals surface area contributed by atoms with Crippen LogP contribution in [0.25, 0.3) is 5.57 Å². The molecule has 0 spiro atoms. The maximum Gasteiger partial charge on any atom is 0.272 e.